The number of carbonyl (C=O) groups is 3. The van der Waals surface area contributed by atoms with Gasteiger partial charge in [0.2, 0.25) is 17.8 Å². The predicted octanol–water partition coefficient (Wildman–Crippen LogP) is 5.18. The Balaban J connectivity index is 0.768. The van der Waals surface area contributed by atoms with Crippen molar-refractivity contribution in [1.82, 2.24) is 34.6 Å². The quantitative estimate of drug-likeness (QED) is 0.198. The van der Waals surface area contributed by atoms with Crippen LogP contribution in [0, 0.1) is 0 Å². The third-order valence-electron chi connectivity index (χ3n) is 12.0. The lowest BCUT2D eigenvalue weighted by Crippen LogP contribution is -2.53. The lowest BCUT2D eigenvalue weighted by Gasteiger charge is -2.43. The lowest BCUT2D eigenvalue weighted by atomic mass is 9.90. The molecule has 8 rings (SSSR count). The molecular formula is C42H53N9O4. The number of likely N-dealkylation sites (tertiary alicyclic amines) is 1. The zero-order valence-electron chi connectivity index (χ0n) is 32.1. The van der Waals surface area contributed by atoms with Crippen molar-refractivity contribution in [3.8, 4) is 5.75 Å². The maximum absolute atomic E-state index is 13.0. The van der Waals surface area contributed by atoms with Gasteiger partial charge in [0, 0.05) is 88.3 Å². The first-order valence-corrected chi connectivity index (χ1v) is 20.0. The number of amides is 3. The van der Waals surface area contributed by atoms with Crippen molar-refractivity contribution < 1.29 is 19.1 Å². The summed E-state index contributed by atoms with van der Waals surface area (Å²) in [5.74, 6) is 0.732. The normalized spacial score (nSPS) is 20.5. The fraction of sp³-hybridized carbons (Fsp3) is 0.500. The molecule has 2 aromatic carbocycles. The van der Waals surface area contributed by atoms with Crippen LogP contribution in [-0.4, -0.2) is 120 Å². The first-order valence-electron chi connectivity index (χ1n) is 20.0. The van der Waals surface area contributed by atoms with Crippen LogP contribution in [0.3, 0.4) is 0 Å². The Bertz CT molecular complexity index is 1970. The first-order chi connectivity index (χ1) is 26.8. The number of carbonyl (C=O) groups excluding carboxylic acids is 3. The second-order valence-electron chi connectivity index (χ2n) is 15.7. The van der Waals surface area contributed by atoms with Crippen molar-refractivity contribution in [1.29, 1.82) is 0 Å². The van der Waals surface area contributed by atoms with Gasteiger partial charge in [0.05, 0.1) is 5.92 Å². The van der Waals surface area contributed by atoms with E-state index in [0.29, 0.717) is 37.1 Å². The van der Waals surface area contributed by atoms with Gasteiger partial charge in [-0.05, 0) is 93.2 Å². The molecule has 1 aliphatic carbocycles. The highest BCUT2D eigenvalue weighted by Crippen LogP contribution is 2.35. The van der Waals surface area contributed by atoms with Gasteiger partial charge in [-0.15, -0.1) is 0 Å². The fourth-order valence-corrected chi connectivity index (χ4v) is 8.83. The van der Waals surface area contributed by atoms with Crippen LogP contribution in [0.15, 0.2) is 60.8 Å². The second kappa shape index (κ2) is 16.4. The van der Waals surface area contributed by atoms with E-state index in [2.05, 4.69) is 47.0 Å². The topological polar surface area (TPSA) is 128 Å². The summed E-state index contributed by atoms with van der Waals surface area (Å²) in [4.78, 5) is 55.5. The second-order valence-corrected chi connectivity index (χ2v) is 15.7. The number of hydrogen-bond donors (Lipinski definition) is 2. The molecule has 5 heterocycles. The molecule has 1 saturated carbocycles. The zero-order chi connectivity index (χ0) is 37.9. The van der Waals surface area contributed by atoms with Gasteiger partial charge in [-0.3, -0.25) is 29.5 Å². The van der Waals surface area contributed by atoms with Gasteiger partial charge in [0.15, 0.2) is 0 Å². The largest absolute Gasteiger partial charge is 0.492 e. The number of piperazine rings is 1. The van der Waals surface area contributed by atoms with Crippen LogP contribution in [0.5, 0.6) is 5.75 Å². The number of rotatable bonds is 11. The molecule has 3 amide bonds. The van der Waals surface area contributed by atoms with Crippen LogP contribution in [0.1, 0.15) is 79.4 Å². The molecule has 1 unspecified atom stereocenters. The molecule has 55 heavy (non-hydrogen) atoms. The van der Waals surface area contributed by atoms with Crippen LogP contribution >= 0.6 is 0 Å². The Labute approximate surface area is 323 Å². The molecule has 3 saturated heterocycles. The number of aromatic nitrogens is 3. The SMILES string of the molecule is CN(C)C(=O)c1cc2cnc(Nc3ccc(OCCN4CCC(N5CCN(c6ccc(C7CCC(=O)NC7=O)cc6)CC5)CC4)cc3)nc2n1C1CCCC1. The van der Waals surface area contributed by atoms with Crippen LogP contribution in [0.25, 0.3) is 11.0 Å². The van der Waals surface area contributed by atoms with E-state index < -0.39 is 0 Å². The van der Waals surface area contributed by atoms with Gasteiger partial charge in [0.1, 0.15) is 23.7 Å². The Morgan fingerprint density at radius 1 is 0.891 bits per heavy atom. The highest BCUT2D eigenvalue weighted by molar-refractivity contribution is 6.01. The number of fused-ring (bicyclic) bond motifs is 1. The maximum Gasteiger partial charge on any atom is 0.270 e. The Hall–Kier alpha value is -5.01. The monoisotopic (exact) mass is 747 g/mol. The molecule has 13 heteroatoms. The molecule has 0 radical (unpaired) electrons. The molecule has 0 spiro atoms. The van der Waals surface area contributed by atoms with Crippen LogP contribution < -0.4 is 20.3 Å². The number of nitrogens with zero attached hydrogens (tertiary/aromatic N) is 7. The maximum atomic E-state index is 13.0. The standard InChI is InChI=1S/C42H53N9O4/c1-47(2)41(54)37-27-30-28-43-42(46-39(30)51(37)34-5-3-4-6-34)44-31-9-13-35(14-10-31)55-26-25-48-19-17-33(18-20-48)50-23-21-49(22-24-50)32-11-7-29(8-12-32)36-15-16-38(52)45-40(36)53/h7-14,27-28,33-34,36H,3-6,15-26H2,1-2H3,(H,43,44,46)(H,45,52,53). The third-order valence-corrected chi connectivity index (χ3v) is 12.0. The van der Waals surface area contributed by atoms with E-state index in [1.54, 1.807) is 25.2 Å². The van der Waals surface area contributed by atoms with Gasteiger partial charge in [-0.2, -0.15) is 4.98 Å². The van der Waals surface area contributed by atoms with Crippen molar-refractivity contribution in [3.05, 3.63) is 72.1 Å². The summed E-state index contributed by atoms with van der Waals surface area (Å²) in [5, 5.41) is 6.69. The van der Waals surface area contributed by atoms with Gasteiger partial charge >= 0.3 is 0 Å². The van der Waals surface area contributed by atoms with E-state index in [-0.39, 0.29) is 29.7 Å². The van der Waals surface area contributed by atoms with Crippen molar-refractivity contribution in [2.24, 2.45) is 0 Å². The number of nitrogens with one attached hydrogen (secondary N) is 2. The van der Waals surface area contributed by atoms with E-state index in [9.17, 15) is 14.4 Å². The molecule has 0 bridgehead atoms. The molecule has 3 aliphatic heterocycles. The van der Waals surface area contributed by atoms with Gasteiger partial charge in [-0.1, -0.05) is 25.0 Å². The fourth-order valence-electron chi connectivity index (χ4n) is 8.83. The highest BCUT2D eigenvalue weighted by Gasteiger charge is 2.30. The molecule has 2 N–H and O–H groups in total. The minimum atomic E-state index is -0.238. The molecule has 13 nitrogen and oxygen atoms in total. The molecule has 2 aromatic heterocycles. The highest BCUT2D eigenvalue weighted by atomic mass is 16.5. The first kappa shape index (κ1) is 36.9. The predicted molar refractivity (Wildman–Crippen MR) is 213 cm³/mol. The lowest BCUT2D eigenvalue weighted by molar-refractivity contribution is -0.134. The van der Waals surface area contributed by atoms with E-state index in [4.69, 9.17) is 9.72 Å². The molecule has 4 aromatic rings. The van der Waals surface area contributed by atoms with Crippen LogP contribution in [0.4, 0.5) is 17.3 Å². The van der Waals surface area contributed by atoms with Gasteiger partial charge in [0.25, 0.3) is 5.91 Å². The van der Waals surface area contributed by atoms with Crippen molar-refractivity contribution in [2.45, 2.75) is 69.4 Å². The van der Waals surface area contributed by atoms with Crippen molar-refractivity contribution >= 4 is 46.1 Å². The Morgan fingerprint density at radius 2 is 1.62 bits per heavy atom. The van der Waals surface area contributed by atoms with Crippen molar-refractivity contribution in [3.63, 3.8) is 0 Å². The summed E-state index contributed by atoms with van der Waals surface area (Å²) in [6, 6.07) is 19.1. The number of piperidine rings is 2. The molecular weight excluding hydrogens is 695 g/mol. The van der Waals surface area contributed by atoms with E-state index in [1.165, 1.54) is 31.4 Å². The smallest absolute Gasteiger partial charge is 0.270 e. The van der Waals surface area contributed by atoms with Gasteiger partial charge < -0.3 is 24.4 Å². The van der Waals surface area contributed by atoms with Gasteiger partial charge in [-0.25, -0.2) is 4.98 Å². The molecule has 290 valence electrons. The van der Waals surface area contributed by atoms with Crippen molar-refractivity contribution in [2.75, 3.05) is 76.7 Å². The number of anilines is 3. The molecule has 4 aliphatic rings. The summed E-state index contributed by atoms with van der Waals surface area (Å²) in [6.07, 6.45) is 9.57. The summed E-state index contributed by atoms with van der Waals surface area (Å²) in [5.41, 5.74) is 4.53. The summed E-state index contributed by atoms with van der Waals surface area (Å²) < 4.78 is 8.28. The zero-order valence-corrected chi connectivity index (χ0v) is 32.1. The number of ether oxygens (including phenoxy) is 1. The van der Waals surface area contributed by atoms with Crippen LogP contribution in [0.2, 0.25) is 0 Å². The van der Waals surface area contributed by atoms with E-state index in [0.717, 1.165) is 86.7 Å². The molecule has 1 atom stereocenters. The number of imide groups is 1. The van der Waals surface area contributed by atoms with E-state index in [1.807, 2.05) is 42.5 Å². The third kappa shape index (κ3) is 8.33. The Morgan fingerprint density at radius 3 is 2.31 bits per heavy atom. The average Bonchev–Trinajstić information content (AvgIpc) is 3.87. The molecule has 4 fully saturated rings. The van der Waals surface area contributed by atoms with Crippen LogP contribution in [-0.2, 0) is 9.59 Å². The minimum Gasteiger partial charge on any atom is -0.492 e. The summed E-state index contributed by atoms with van der Waals surface area (Å²) in [7, 11) is 3.58. The number of benzene rings is 2. The van der Waals surface area contributed by atoms with E-state index >= 15 is 0 Å². The summed E-state index contributed by atoms with van der Waals surface area (Å²) in [6.45, 7) is 7.82. The summed E-state index contributed by atoms with van der Waals surface area (Å²) >= 11 is 0. The Kier molecular flexibility index (Phi) is 11.0. The average molecular weight is 748 g/mol. The minimum absolute atomic E-state index is 0.0135. The number of hydrogen-bond acceptors (Lipinski definition) is 10.